The minimum Gasteiger partial charge on any atom is -0.481 e. The Hall–Kier alpha value is -2.21. The van der Waals surface area contributed by atoms with Crippen molar-refractivity contribution in [1.29, 1.82) is 0 Å². The average molecular weight is 330 g/mol. The van der Waals surface area contributed by atoms with Crippen LogP contribution in [0.4, 0.5) is 5.69 Å². The Labute approximate surface area is 140 Å². The second kappa shape index (κ2) is 7.13. The molecule has 0 spiro atoms. The number of nitrogens with zero attached hydrogens (tertiary/aromatic N) is 1. The number of carboxylic acid groups (broad SMARTS) is 1. The van der Waals surface area contributed by atoms with Crippen LogP contribution in [0.15, 0.2) is 24.3 Å². The minimum absolute atomic E-state index is 0.0268. The molecule has 0 radical (unpaired) electrons. The smallest absolute Gasteiger partial charge is 0.307 e. The van der Waals surface area contributed by atoms with E-state index in [1.807, 2.05) is 4.90 Å². The van der Waals surface area contributed by atoms with Gasteiger partial charge < -0.3 is 10.4 Å². The summed E-state index contributed by atoms with van der Waals surface area (Å²) < 4.78 is 0. The maximum absolute atomic E-state index is 12.4. The number of likely N-dealkylation sites (tertiary alicyclic amines) is 1. The molecule has 2 N–H and O–H groups in total. The van der Waals surface area contributed by atoms with Crippen LogP contribution in [0.25, 0.3) is 0 Å². The first-order valence-electron chi connectivity index (χ1n) is 8.42. The van der Waals surface area contributed by atoms with Gasteiger partial charge in [-0.05, 0) is 56.5 Å². The Morgan fingerprint density at radius 3 is 2.42 bits per heavy atom. The summed E-state index contributed by atoms with van der Waals surface area (Å²) in [6, 6.07) is 6.90. The lowest BCUT2D eigenvalue weighted by Crippen LogP contribution is -2.41. The Balaban J connectivity index is 1.54. The zero-order valence-electron chi connectivity index (χ0n) is 13.5. The maximum atomic E-state index is 12.4. The molecule has 1 aliphatic heterocycles. The van der Waals surface area contributed by atoms with Crippen molar-refractivity contribution in [1.82, 2.24) is 4.90 Å². The van der Waals surface area contributed by atoms with Crippen LogP contribution in [0.2, 0.25) is 0 Å². The summed E-state index contributed by atoms with van der Waals surface area (Å²) in [6.45, 7) is 1.42. The molecule has 128 valence electrons. The quantitative estimate of drug-likeness (QED) is 0.779. The van der Waals surface area contributed by atoms with Crippen molar-refractivity contribution in [3.05, 3.63) is 29.8 Å². The van der Waals surface area contributed by atoms with Crippen molar-refractivity contribution in [3.8, 4) is 0 Å². The average Bonchev–Trinajstić information content (AvgIpc) is 3.40. The van der Waals surface area contributed by atoms with Gasteiger partial charge in [0.1, 0.15) is 0 Å². The number of carbonyl (C=O) groups is 3. The molecule has 0 bridgehead atoms. The zero-order chi connectivity index (χ0) is 17.1. The summed E-state index contributed by atoms with van der Waals surface area (Å²) in [5.41, 5.74) is 1.28. The third-order valence-electron chi connectivity index (χ3n) is 4.64. The molecule has 0 aromatic heterocycles. The molecule has 1 aliphatic carbocycles. The van der Waals surface area contributed by atoms with Crippen molar-refractivity contribution in [2.24, 2.45) is 11.8 Å². The van der Waals surface area contributed by atoms with Crippen LogP contribution >= 0.6 is 0 Å². The van der Waals surface area contributed by atoms with Crippen LogP contribution in [-0.4, -0.2) is 47.3 Å². The summed E-state index contributed by atoms with van der Waals surface area (Å²) in [4.78, 5) is 37.1. The molecule has 1 saturated carbocycles. The number of amides is 1. The number of ketones is 1. The summed E-state index contributed by atoms with van der Waals surface area (Å²) in [6.07, 6.45) is 3.39. The highest BCUT2D eigenvalue weighted by molar-refractivity contribution is 5.99. The van der Waals surface area contributed by atoms with Gasteiger partial charge >= 0.3 is 5.97 Å². The second-order valence-corrected chi connectivity index (χ2v) is 6.68. The van der Waals surface area contributed by atoms with E-state index in [4.69, 9.17) is 5.11 Å². The third-order valence-corrected chi connectivity index (χ3v) is 4.64. The number of anilines is 1. The highest BCUT2D eigenvalue weighted by atomic mass is 16.4. The van der Waals surface area contributed by atoms with Gasteiger partial charge in [-0.3, -0.25) is 19.3 Å². The summed E-state index contributed by atoms with van der Waals surface area (Å²) in [5.74, 6) is -1.01. The highest BCUT2D eigenvalue weighted by Crippen LogP contribution is 2.30. The lowest BCUT2D eigenvalue weighted by molar-refractivity contribution is -0.143. The third kappa shape index (κ3) is 4.20. The first-order chi connectivity index (χ1) is 11.5. The molecule has 24 heavy (non-hydrogen) atoms. The number of rotatable bonds is 6. The molecule has 1 aromatic rings. The van der Waals surface area contributed by atoms with E-state index >= 15 is 0 Å². The van der Waals surface area contributed by atoms with Gasteiger partial charge in [-0.25, -0.2) is 0 Å². The zero-order valence-corrected chi connectivity index (χ0v) is 13.5. The van der Waals surface area contributed by atoms with Gasteiger partial charge in [-0.15, -0.1) is 0 Å². The maximum Gasteiger partial charge on any atom is 0.307 e. The lowest BCUT2D eigenvalue weighted by Gasteiger charge is -2.29. The first-order valence-corrected chi connectivity index (χ1v) is 8.42. The number of benzene rings is 1. The number of hydrogen-bond donors (Lipinski definition) is 2. The van der Waals surface area contributed by atoms with Crippen LogP contribution in [0, 0.1) is 11.8 Å². The summed E-state index contributed by atoms with van der Waals surface area (Å²) in [5, 5.41) is 12.0. The normalized spacial score (nSPS) is 21.2. The van der Waals surface area contributed by atoms with Crippen molar-refractivity contribution in [3.63, 3.8) is 0 Å². The highest BCUT2D eigenvalue weighted by Gasteiger charge is 2.29. The Bertz CT molecular complexity index is 637. The number of carbonyl (C=O) groups excluding carboxylic acids is 2. The fraction of sp³-hybridized carbons (Fsp3) is 0.500. The van der Waals surface area contributed by atoms with Gasteiger partial charge in [0.15, 0.2) is 5.78 Å². The van der Waals surface area contributed by atoms with Crippen molar-refractivity contribution < 1.29 is 19.5 Å². The predicted octanol–water partition coefficient (Wildman–Crippen LogP) is 2.01. The molecule has 1 unspecified atom stereocenters. The SMILES string of the molecule is O=C(CN1CCCC(C(=O)O)C1)c1ccc(NC(=O)C2CC2)cc1. The Kier molecular flexibility index (Phi) is 4.94. The number of carboxylic acids is 1. The van der Waals surface area contributed by atoms with Gasteiger partial charge in [-0.2, -0.15) is 0 Å². The fourth-order valence-corrected chi connectivity index (χ4v) is 3.02. The Morgan fingerprint density at radius 1 is 1.08 bits per heavy atom. The van der Waals surface area contributed by atoms with E-state index in [0.29, 0.717) is 24.2 Å². The monoisotopic (exact) mass is 330 g/mol. The number of piperidine rings is 1. The van der Waals surface area contributed by atoms with Gasteiger partial charge in [0.25, 0.3) is 0 Å². The number of hydrogen-bond acceptors (Lipinski definition) is 4. The van der Waals surface area contributed by atoms with Gasteiger partial charge in [0.2, 0.25) is 5.91 Å². The van der Waals surface area contributed by atoms with E-state index in [-0.39, 0.29) is 30.1 Å². The molecule has 2 aliphatic rings. The fourth-order valence-electron chi connectivity index (χ4n) is 3.02. The van der Waals surface area contributed by atoms with E-state index in [2.05, 4.69) is 5.32 Å². The van der Waals surface area contributed by atoms with E-state index < -0.39 is 5.97 Å². The molecule has 2 fully saturated rings. The molecule has 1 atom stereocenters. The van der Waals surface area contributed by atoms with Crippen LogP contribution in [0.5, 0.6) is 0 Å². The van der Waals surface area contributed by atoms with Crippen LogP contribution in [0.3, 0.4) is 0 Å². The first kappa shape index (κ1) is 16.6. The standard InChI is InChI=1S/C18H22N2O4/c21-16(11-20-9-1-2-14(10-20)18(23)24)12-5-7-15(8-6-12)19-17(22)13-3-4-13/h5-8,13-14H,1-4,9-11H2,(H,19,22)(H,23,24). The van der Waals surface area contributed by atoms with E-state index in [1.54, 1.807) is 24.3 Å². The molecule has 1 saturated heterocycles. The van der Waals surface area contributed by atoms with Crippen molar-refractivity contribution >= 4 is 23.3 Å². The topological polar surface area (TPSA) is 86.7 Å². The minimum atomic E-state index is -0.789. The predicted molar refractivity (Wildman–Crippen MR) is 88.9 cm³/mol. The second-order valence-electron chi connectivity index (χ2n) is 6.68. The van der Waals surface area contributed by atoms with Crippen molar-refractivity contribution in [2.45, 2.75) is 25.7 Å². The molecule has 6 heteroatoms. The van der Waals surface area contributed by atoms with E-state index in [1.165, 1.54) is 0 Å². The molecule has 1 amide bonds. The van der Waals surface area contributed by atoms with E-state index in [9.17, 15) is 14.4 Å². The van der Waals surface area contributed by atoms with Gasteiger partial charge in [0, 0.05) is 23.7 Å². The van der Waals surface area contributed by atoms with Crippen molar-refractivity contribution in [2.75, 3.05) is 25.0 Å². The van der Waals surface area contributed by atoms with Crippen LogP contribution < -0.4 is 5.32 Å². The molecule has 1 heterocycles. The summed E-state index contributed by atoms with van der Waals surface area (Å²) in [7, 11) is 0. The Morgan fingerprint density at radius 2 is 1.79 bits per heavy atom. The van der Waals surface area contributed by atoms with Crippen LogP contribution in [-0.2, 0) is 9.59 Å². The van der Waals surface area contributed by atoms with Crippen LogP contribution in [0.1, 0.15) is 36.0 Å². The molecule has 1 aromatic carbocycles. The van der Waals surface area contributed by atoms with E-state index in [0.717, 1.165) is 25.8 Å². The molecule has 6 nitrogen and oxygen atoms in total. The number of Topliss-reactive ketones (excluding diaryl/α,β-unsaturated/α-hetero) is 1. The van der Waals surface area contributed by atoms with Gasteiger partial charge in [0.05, 0.1) is 12.5 Å². The molecule has 3 rings (SSSR count). The summed E-state index contributed by atoms with van der Waals surface area (Å²) >= 11 is 0. The molecular weight excluding hydrogens is 308 g/mol. The number of nitrogens with one attached hydrogen (secondary N) is 1. The molecular formula is C18H22N2O4. The number of aliphatic carboxylic acids is 1. The van der Waals surface area contributed by atoms with Gasteiger partial charge in [-0.1, -0.05) is 0 Å². The lowest BCUT2D eigenvalue weighted by atomic mass is 9.97. The largest absolute Gasteiger partial charge is 0.481 e.